The number of carbonyl (C=O) groups is 3. The number of hydrogen-bond acceptors (Lipinski definition) is 8. The first kappa shape index (κ1) is 33.7. The van der Waals surface area contributed by atoms with Crippen molar-refractivity contribution in [2.24, 2.45) is 0 Å². The van der Waals surface area contributed by atoms with E-state index in [2.05, 4.69) is 20.5 Å². The number of alkyl halides is 3. The predicted molar refractivity (Wildman–Crippen MR) is 176 cm³/mol. The average molecular weight is 706 g/mol. The zero-order valence-electron chi connectivity index (χ0n) is 26.1. The van der Waals surface area contributed by atoms with Gasteiger partial charge in [0.05, 0.1) is 28.5 Å². The van der Waals surface area contributed by atoms with Crippen LogP contribution in [0, 0.1) is 0 Å². The first-order chi connectivity index (χ1) is 23.0. The van der Waals surface area contributed by atoms with Gasteiger partial charge < -0.3 is 35.0 Å². The van der Waals surface area contributed by atoms with Crippen molar-refractivity contribution in [3.05, 3.63) is 69.1 Å². The van der Waals surface area contributed by atoms with Crippen LogP contribution >= 0.6 is 22.9 Å². The molecule has 11 nitrogen and oxygen atoms in total. The minimum atomic E-state index is -4.71. The molecule has 0 aliphatic carbocycles. The molecule has 0 bridgehead atoms. The number of piperazine rings is 1. The molecule has 0 spiro atoms. The van der Waals surface area contributed by atoms with Crippen LogP contribution in [0.4, 0.5) is 39.8 Å². The monoisotopic (exact) mass is 705 g/mol. The smallest absolute Gasteiger partial charge is 0.418 e. The van der Waals surface area contributed by atoms with E-state index in [4.69, 9.17) is 16.3 Å². The first-order valence-corrected chi connectivity index (χ1v) is 16.9. The van der Waals surface area contributed by atoms with Gasteiger partial charge in [-0.3, -0.25) is 9.78 Å². The molecule has 0 radical (unpaired) electrons. The van der Waals surface area contributed by atoms with Gasteiger partial charge in [-0.1, -0.05) is 11.6 Å². The van der Waals surface area contributed by atoms with Crippen LogP contribution < -0.4 is 15.5 Å². The number of rotatable bonds is 7. The van der Waals surface area contributed by atoms with Crippen molar-refractivity contribution >= 4 is 58.0 Å². The first-order valence-electron chi connectivity index (χ1n) is 15.6. The normalized spacial score (nSPS) is 17.9. The fourth-order valence-corrected chi connectivity index (χ4v) is 7.60. The minimum absolute atomic E-state index is 0.0907. The third-order valence-electron chi connectivity index (χ3n) is 8.99. The summed E-state index contributed by atoms with van der Waals surface area (Å²) >= 11 is 7.82. The Morgan fingerprint density at radius 3 is 2.46 bits per heavy atom. The highest BCUT2D eigenvalue weighted by Crippen LogP contribution is 2.40. The van der Waals surface area contributed by atoms with Crippen LogP contribution in [0.2, 0.25) is 5.02 Å². The van der Waals surface area contributed by atoms with Gasteiger partial charge in [-0.2, -0.15) is 13.2 Å². The highest BCUT2D eigenvalue weighted by Gasteiger charge is 2.38. The molecule has 2 N–H and O–H groups in total. The molecule has 3 aliphatic rings. The van der Waals surface area contributed by atoms with Gasteiger partial charge in [-0.25, -0.2) is 9.59 Å². The molecule has 3 aliphatic heterocycles. The molecule has 0 unspecified atom stereocenters. The molecule has 6 rings (SSSR count). The molecular formula is C32H35ClF3N7O4S. The van der Waals surface area contributed by atoms with Crippen LogP contribution in [0.3, 0.4) is 0 Å². The fourth-order valence-electron chi connectivity index (χ4n) is 6.43. The summed E-state index contributed by atoms with van der Waals surface area (Å²) in [7, 11) is 1.34. The number of urea groups is 1. The second kappa shape index (κ2) is 14.1. The Morgan fingerprint density at radius 2 is 1.79 bits per heavy atom. The van der Waals surface area contributed by atoms with Gasteiger partial charge in [-0.15, -0.1) is 11.3 Å². The molecule has 3 aromatic rings. The van der Waals surface area contributed by atoms with Gasteiger partial charge in [0.25, 0.3) is 5.91 Å². The van der Waals surface area contributed by atoms with Crippen molar-refractivity contribution in [2.75, 3.05) is 61.8 Å². The molecule has 1 aromatic carbocycles. The summed E-state index contributed by atoms with van der Waals surface area (Å²) in [4.78, 5) is 52.2. The van der Waals surface area contributed by atoms with Gasteiger partial charge in [0.1, 0.15) is 0 Å². The minimum Gasteiger partial charge on any atom is -0.436 e. The molecule has 2 aromatic heterocycles. The Kier molecular flexibility index (Phi) is 9.88. The average Bonchev–Trinajstić information content (AvgIpc) is 3.54. The Morgan fingerprint density at radius 1 is 1.08 bits per heavy atom. The van der Waals surface area contributed by atoms with Crippen LogP contribution in [-0.2, 0) is 28.7 Å². The lowest BCUT2D eigenvalue weighted by molar-refractivity contribution is -0.141. The standard InChI is InChI=1S/C32H35ClF3N7O4S/c1-37-28-23(32(34,35)36)16-20(17-24(28)33)18-26(29(44)41-13-11-40(12-14-41)21-2-7-38-8-3-21)47-31(46)42-9-4-22(5-10-42)43-19-27-25(6-15-48-27)39-30(43)45/h2-3,6-8,15-17,22,26,37H,4-5,9-14,18-19H2,1H3,(H,39,45)/t26-/m1/s1. The third-order valence-corrected chi connectivity index (χ3v) is 10.2. The number of carbonyl (C=O) groups excluding carboxylic acids is 3. The number of pyridine rings is 1. The summed E-state index contributed by atoms with van der Waals surface area (Å²) < 4.78 is 47.7. The Bertz CT molecular complexity index is 1640. The van der Waals surface area contributed by atoms with Crippen molar-refractivity contribution < 1.29 is 32.3 Å². The van der Waals surface area contributed by atoms with Crippen molar-refractivity contribution in [3.63, 3.8) is 0 Å². The van der Waals surface area contributed by atoms with Gasteiger partial charge >= 0.3 is 18.3 Å². The van der Waals surface area contributed by atoms with Crippen molar-refractivity contribution in [1.82, 2.24) is 19.7 Å². The number of nitrogens with zero attached hydrogens (tertiary/aromatic N) is 5. The molecule has 1 atom stereocenters. The quantitative estimate of drug-likeness (QED) is 0.322. The number of piperidine rings is 1. The largest absolute Gasteiger partial charge is 0.436 e. The van der Waals surface area contributed by atoms with E-state index in [-0.39, 0.29) is 47.9 Å². The van der Waals surface area contributed by atoms with Crippen LogP contribution in [-0.4, -0.2) is 96.2 Å². The number of likely N-dealkylation sites (tertiary alicyclic amines) is 1. The van der Waals surface area contributed by atoms with E-state index in [1.807, 2.05) is 23.6 Å². The second-order valence-corrected chi connectivity index (χ2v) is 13.3. The number of thiophene rings is 1. The molecule has 16 heteroatoms. The van der Waals surface area contributed by atoms with E-state index in [1.165, 1.54) is 18.0 Å². The number of nitrogens with one attached hydrogen (secondary N) is 2. The van der Waals surface area contributed by atoms with Gasteiger partial charge in [0.2, 0.25) is 0 Å². The fraction of sp³-hybridized carbons (Fsp3) is 0.438. The summed E-state index contributed by atoms with van der Waals surface area (Å²) in [5.74, 6) is -0.494. The maximum absolute atomic E-state index is 14.0. The summed E-state index contributed by atoms with van der Waals surface area (Å²) in [5.41, 5.74) is 0.631. The summed E-state index contributed by atoms with van der Waals surface area (Å²) in [6.07, 6.45) is -2.74. The van der Waals surface area contributed by atoms with Crippen LogP contribution in [0.5, 0.6) is 0 Å². The lowest BCUT2D eigenvalue weighted by Crippen LogP contribution is -2.54. The van der Waals surface area contributed by atoms with Crippen LogP contribution in [0.1, 0.15) is 28.8 Å². The SMILES string of the molecule is CNc1c(Cl)cc(C[C@@H](OC(=O)N2CCC(N3Cc4sccc4NC3=O)CC2)C(=O)N2CCN(c3ccncc3)CC2)cc1C(F)(F)F. The topological polar surface area (TPSA) is 110 Å². The zero-order valence-corrected chi connectivity index (χ0v) is 27.7. The van der Waals surface area contributed by atoms with Crippen molar-refractivity contribution in [3.8, 4) is 0 Å². The molecule has 5 heterocycles. The number of halogens is 4. The summed E-state index contributed by atoms with van der Waals surface area (Å²) in [6.45, 7) is 2.76. The van der Waals surface area contributed by atoms with E-state index in [0.29, 0.717) is 45.6 Å². The molecule has 256 valence electrons. The highest BCUT2D eigenvalue weighted by molar-refractivity contribution is 7.10. The zero-order chi connectivity index (χ0) is 34.0. The number of amides is 4. The Labute approximate surface area is 284 Å². The molecule has 4 amide bonds. The van der Waals surface area contributed by atoms with E-state index in [0.717, 1.165) is 22.3 Å². The molecule has 0 saturated carbocycles. The van der Waals surface area contributed by atoms with Crippen LogP contribution in [0.25, 0.3) is 0 Å². The second-order valence-electron chi connectivity index (χ2n) is 11.9. The van der Waals surface area contributed by atoms with E-state index >= 15 is 0 Å². The summed E-state index contributed by atoms with van der Waals surface area (Å²) in [5, 5.41) is 7.17. The molecule has 2 saturated heterocycles. The lowest BCUT2D eigenvalue weighted by atomic mass is 10.0. The third kappa shape index (κ3) is 7.26. The Balaban J connectivity index is 1.16. The number of hydrogen-bond donors (Lipinski definition) is 2. The number of ether oxygens (including phenoxy) is 1. The molecule has 48 heavy (non-hydrogen) atoms. The predicted octanol–water partition coefficient (Wildman–Crippen LogP) is 5.77. The molecular weight excluding hydrogens is 671 g/mol. The maximum atomic E-state index is 14.0. The lowest BCUT2D eigenvalue weighted by Gasteiger charge is -2.40. The van der Waals surface area contributed by atoms with E-state index < -0.39 is 29.8 Å². The Hall–Kier alpha value is -4.24. The maximum Gasteiger partial charge on any atom is 0.418 e. The van der Waals surface area contributed by atoms with E-state index in [9.17, 15) is 27.6 Å². The number of anilines is 3. The van der Waals surface area contributed by atoms with Crippen molar-refractivity contribution in [1.29, 1.82) is 0 Å². The number of benzene rings is 1. The van der Waals surface area contributed by atoms with Gasteiger partial charge in [0.15, 0.2) is 6.10 Å². The van der Waals surface area contributed by atoms with Crippen molar-refractivity contribution in [2.45, 2.75) is 44.1 Å². The van der Waals surface area contributed by atoms with Gasteiger partial charge in [0, 0.05) is 81.7 Å². The number of aromatic nitrogens is 1. The van der Waals surface area contributed by atoms with Crippen LogP contribution in [0.15, 0.2) is 48.1 Å². The molecule has 2 fully saturated rings. The van der Waals surface area contributed by atoms with Gasteiger partial charge in [-0.05, 0) is 54.1 Å². The summed E-state index contributed by atoms with van der Waals surface area (Å²) in [6, 6.07) is 7.63. The number of fused-ring (bicyclic) bond motifs is 1. The van der Waals surface area contributed by atoms with E-state index in [1.54, 1.807) is 33.5 Å². The highest BCUT2D eigenvalue weighted by atomic mass is 35.5.